The highest BCUT2D eigenvalue weighted by atomic mass is 32.1. The minimum Gasteiger partial charge on any atom is -0.478 e. The third-order valence-corrected chi connectivity index (χ3v) is 6.66. The second-order valence-electron chi connectivity index (χ2n) is 4.92. The van der Waals surface area contributed by atoms with Crippen molar-refractivity contribution in [2.24, 2.45) is 0 Å². The molecule has 0 aromatic heterocycles. The maximum absolute atomic E-state index is 10.8. The van der Waals surface area contributed by atoms with E-state index in [0.717, 1.165) is 17.1 Å². The molecule has 3 nitrogen and oxygen atoms in total. The molecule has 0 amide bonds. The molecule has 0 aliphatic carbocycles. The second kappa shape index (κ2) is 5.10. The maximum Gasteiger partial charge on any atom is 0.330 e. The van der Waals surface area contributed by atoms with E-state index < -0.39 is 14.2 Å². The monoisotopic (exact) mass is 257 g/mol. The van der Waals surface area contributed by atoms with Crippen LogP contribution < -0.4 is 0 Å². The number of hydrogen-bond acceptors (Lipinski definition) is 3. The van der Waals surface area contributed by atoms with Crippen molar-refractivity contribution in [2.75, 3.05) is 6.54 Å². The van der Waals surface area contributed by atoms with Crippen molar-refractivity contribution in [3.63, 3.8) is 0 Å². The third kappa shape index (κ3) is 3.42. The van der Waals surface area contributed by atoms with Gasteiger partial charge in [-0.2, -0.15) is 0 Å². The Labute approximate surface area is 103 Å². The number of carbonyl (C=O) groups is 1. The Bertz CT molecular complexity index is 339. The van der Waals surface area contributed by atoms with Crippen LogP contribution in [-0.4, -0.2) is 35.3 Å². The van der Waals surface area contributed by atoms with E-state index in [4.69, 9.17) is 17.3 Å². The van der Waals surface area contributed by atoms with Gasteiger partial charge in [0.15, 0.2) is 0 Å². The molecule has 0 atom stereocenters. The summed E-state index contributed by atoms with van der Waals surface area (Å²) in [5, 5.41) is 8.90. The first kappa shape index (κ1) is 13.4. The van der Waals surface area contributed by atoms with Gasteiger partial charge in [0.25, 0.3) is 0 Å². The van der Waals surface area contributed by atoms with Gasteiger partial charge in [0.1, 0.15) is 8.24 Å². The van der Waals surface area contributed by atoms with E-state index in [9.17, 15) is 4.79 Å². The van der Waals surface area contributed by atoms with Crippen LogP contribution in [0.2, 0.25) is 19.1 Å². The van der Waals surface area contributed by atoms with E-state index >= 15 is 0 Å². The Balaban J connectivity index is 2.93. The van der Waals surface area contributed by atoms with Crippen molar-refractivity contribution in [3.8, 4) is 0 Å². The van der Waals surface area contributed by atoms with Crippen LogP contribution in [0.4, 0.5) is 0 Å². The first-order chi connectivity index (χ1) is 7.33. The van der Waals surface area contributed by atoms with Crippen LogP contribution in [0, 0.1) is 0 Å². The van der Waals surface area contributed by atoms with Gasteiger partial charge in [0, 0.05) is 24.7 Å². The summed E-state index contributed by atoms with van der Waals surface area (Å²) < 4.78 is 2.32. The van der Waals surface area contributed by atoms with Gasteiger partial charge in [-0.05, 0) is 24.3 Å². The van der Waals surface area contributed by atoms with Crippen molar-refractivity contribution in [3.05, 3.63) is 11.8 Å². The lowest BCUT2D eigenvalue weighted by molar-refractivity contribution is -0.131. The fraction of sp³-hybridized carbons (Fsp3) is 0.636. The predicted molar refractivity (Wildman–Crippen MR) is 72.2 cm³/mol. The fourth-order valence-corrected chi connectivity index (χ4v) is 5.39. The summed E-state index contributed by atoms with van der Waals surface area (Å²) in [5.74, 6) is -0.872. The van der Waals surface area contributed by atoms with E-state index in [1.54, 1.807) is 0 Å². The van der Waals surface area contributed by atoms with Gasteiger partial charge in [-0.1, -0.05) is 25.3 Å². The van der Waals surface area contributed by atoms with Crippen LogP contribution in [0.25, 0.3) is 0 Å². The summed E-state index contributed by atoms with van der Waals surface area (Å²) >= 11 is 5.09. The average Bonchev–Trinajstić information content (AvgIpc) is 2.42. The molecule has 1 fully saturated rings. The van der Waals surface area contributed by atoms with Gasteiger partial charge in [0.05, 0.1) is 0 Å². The van der Waals surface area contributed by atoms with Gasteiger partial charge < -0.3 is 9.67 Å². The summed E-state index contributed by atoms with van der Waals surface area (Å²) in [4.78, 5) is 11.7. The summed E-state index contributed by atoms with van der Waals surface area (Å²) in [7, 11) is -1.42. The SMILES string of the molecule is CC(=S)CC(=CC(=O)O)N1CCC[Si]1(C)C. The van der Waals surface area contributed by atoms with Crippen LogP contribution in [0.1, 0.15) is 19.8 Å². The molecule has 0 spiro atoms. The highest BCUT2D eigenvalue weighted by Gasteiger charge is 2.35. The Morgan fingerprint density at radius 2 is 2.19 bits per heavy atom. The molecule has 1 aliphatic heterocycles. The molecule has 0 aromatic rings. The Morgan fingerprint density at radius 1 is 1.56 bits per heavy atom. The van der Waals surface area contributed by atoms with Crippen molar-refractivity contribution >= 4 is 31.3 Å². The quantitative estimate of drug-likeness (QED) is 0.477. The third-order valence-electron chi connectivity index (χ3n) is 2.97. The number of carboxylic acid groups (broad SMARTS) is 1. The Morgan fingerprint density at radius 3 is 2.56 bits per heavy atom. The van der Waals surface area contributed by atoms with Crippen molar-refractivity contribution in [1.29, 1.82) is 0 Å². The minimum atomic E-state index is -1.42. The summed E-state index contributed by atoms with van der Waals surface area (Å²) in [6, 6.07) is 1.24. The number of nitrogens with zero attached hydrogens (tertiary/aromatic N) is 1. The van der Waals surface area contributed by atoms with Crippen molar-refractivity contribution < 1.29 is 9.90 Å². The van der Waals surface area contributed by atoms with E-state index in [1.165, 1.54) is 18.5 Å². The van der Waals surface area contributed by atoms with Crippen LogP contribution in [0.15, 0.2) is 11.8 Å². The van der Waals surface area contributed by atoms with Gasteiger partial charge in [0.2, 0.25) is 0 Å². The first-order valence-electron chi connectivity index (χ1n) is 5.53. The predicted octanol–water partition coefficient (Wildman–Crippen LogP) is 2.65. The zero-order valence-corrected chi connectivity index (χ0v) is 11.9. The van der Waals surface area contributed by atoms with Crippen LogP contribution in [0.3, 0.4) is 0 Å². The number of thiocarbonyl (C=S) groups is 1. The van der Waals surface area contributed by atoms with Gasteiger partial charge in [-0.25, -0.2) is 4.79 Å². The van der Waals surface area contributed by atoms with E-state index in [2.05, 4.69) is 17.7 Å². The molecular weight excluding hydrogens is 238 g/mol. The molecule has 0 unspecified atom stereocenters. The molecule has 1 saturated heterocycles. The number of carboxylic acids is 1. The topological polar surface area (TPSA) is 40.5 Å². The van der Waals surface area contributed by atoms with Gasteiger partial charge >= 0.3 is 5.97 Å². The first-order valence-corrected chi connectivity index (χ1v) is 9.10. The molecule has 16 heavy (non-hydrogen) atoms. The summed E-state index contributed by atoms with van der Waals surface area (Å²) in [6.45, 7) is 7.43. The number of allylic oxidation sites excluding steroid dienone is 1. The molecule has 0 saturated carbocycles. The maximum atomic E-state index is 10.8. The fourth-order valence-electron chi connectivity index (χ4n) is 2.26. The molecular formula is C11H19NO2SSi. The number of rotatable bonds is 4. The largest absolute Gasteiger partial charge is 0.478 e. The lowest BCUT2D eigenvalue weighted by Gasteiger charge is -2.34. The molecule has 1 rings (SSSR count). The highest BCUT2D eigenvalue weighted by molar-refractivity contribution is 7.80. The number of hydrogen-bond donors (Lipinski definition) is 1. The van der Waals surface area contributed by atoms with Crippen LogP contribution in [-0.2, 0) is 4.79 Å². The van der Waals surface area contributed by atoms with Gasteiger partial charge in [-0.3, -0.25) is 0 Å². The van der Waals surface area contributed by atoms with E-state index in [1.807, 2.05) is 6.92 Å². The molecule has 1 heterocycles. The summed E-state index contributed by atoms with van der Waals surface area (Å²) in [5.41, 5.74) is 0.897. The van der Waals surface area contributed by atoms with Crippen molar-refractivity contribution in [1.82, 2.24) is 4.57 Å². The van der Waals surface area contributed by atoms with Crippen LogP contribution >= 0.6 is 12.2 Å². The lowest BCUT2D eigenvalue weighted by atomic mass is 10.2. The lowest BCUT2D eigenvalue weighted by Crippen LogP contribution is -2.42. The summed E-state index contributed by atoms with van der Waals surface area (Å²) in [6.07, 6.45) is 3.11. The Hall–Kier alpha value is -0.683. The van der Waals surface area contributed by atoms with Crippen LogP contribution in [0.5, 0.6) is 0 Å². The van der Waals surface area contributed by atoms with E-state index in [-0.39, 0.29) is 0 Å². The zero-order valence-electron chi connectivity index (χ0n) is 10.1. The average molecular weight is 257 g/mol. The van der Waals surface area contributed by atoms with E-state index in [0.29, 0.717) is 6.42 Å². The number of aliphatic carboxylic acids is 1. The molecule has 1 aliphatic rings. The molecule has 5 heteroatoms. The highest BCUT2D eigenvalue weighted by Crippen LogP contribution is 2.30. The molecule has 0 bridgehead atoms. The van der Waals surface area contributed by atoms with Crippen molar-refractivity contribution in [2.45, 2.75) is 38.9 Å². The molecule has 0 radical (unpaired) electrons. The second-order valence-corrected chi connectivity index (χ2v) is 10.3. The zero-order chi connectivity index (χ0) is 12.3. The standard InChI is InChI=1S/C11H19NO2SSi/c1-9(15)7-10(8-11(13)14)12-5-4-6-16(12,2)3/h8H,4-7H2,1-3H3,(H,13,14). The molecule has 90 valence electrons. The minimum absolute atomic E-state index is 0.609. The van der Waals surface area contributed by atoms with Gasteiger partial charge in [-0.15, -0.1) is 0 Å². The normalized spacial score (nSPS) is 19.9. The molecule has 0 aromatic carbocycles. The smallest absolute Gasteiger partial charge is 0.330 e. The molecule has 1 N–H and O–H groups in total. The Kier molecular flexibility index (Phi) is 4.26.